The SMILES string of the molecule is CCOC[C@H]1O[C@H](OC2C[C@@H](C)CO[C@H]3[C@H](OCC(C)C)[C@H]4OC[C@@H](C)CC([C@H]5OC(OCC(C)C)[C@H](OCC)[C@@H](OCC(C)C)[C@@H]5OCC(C)C)O[C@H]4O[C@@H]3C2)[C@H](OCC(C)C)[C@@H](OCC(C)C)[C@@H]1OCC(C)C. The van der Waals surface area contributed by atoms with Crippen LogP contribution >= 0.6 is 0 Å². The van der Waals surface area contributed by atoms with Crippen LogP contribution in [-0.2, 0) is 75.8 Å². The van der Waals surface area contributed by atoms with E-state index in [2.05, 4.69) is 111 Å². The summed E-state index contributed by atoms with van der Waals surface area (Å²) < 4.78 is 110. The first-order valence-corrected chi connectivity index (χ1v) is 29.7. The molecule has 75 heavy (non-hydrogen) atoms. The predicted molar refractivity (Wildman–Crippen MR) is 288 cm³/mol. The van der Waals surface area contributed by atoms with E-state index in [1.807, 2.05) is 13.8 Å². The lowest BCUT2D eigenvalue weighted by atomic mass is 9.88. The lowest BCUT2D eigenvalue weighted by molar-refractivity contribution is -0.374. The van der Waals surface area contributed by atoms with Gasteiger partial charge in [0.1, 0.15) is 67.1 Å². The van der Waals surface area contributed by atoms with E-state index in [0.29, 0.717) is 104 Å². The average Bonchev–Trinajstić information content (AvgIpc) is 3.32. The molecule has 0 aromatic rings. The van der Waals surface area contributed by atoms with Crippen LogP contribution in [0.1, 0.15) is 144 Å². The van der Waals surface area contributed by atoms with Crippen molar-refractivity contribution < 1.29 is 75.8 Å². The van der Waals surface area contributed by atoms with Crippen LogP contribution in [-0.4, -0.2) is 184 Å². The Hall–Kier alpha value is -0.640. The van der Waals surface area contributed by atoms with Crippen molar-refractivity contribution in [2.45, 2.75) is 248 Å². The summed E-state index contributed by atoms with van der Waals surface area (Å²) in [6.07, 6.45) is -7.70. The molecule has 3 unspecified atom stereocenters. The summed E-state index contributed by atoms with van der Waals surface area (Å²) >= 11 is 0. The van der Waals surface area contributed by atoms with Crippen LogP contribution in [0.25, 0.3) is 0 Å². The summed E-state index contributed by atoms with van der Waals surface area (Å²) in [4.78, 5) is 0. The Morgan fingerprint density at radius 2 is 0.827 bits per heavy atom. The maximum absolute atomic E-state index is 7.41. The molecule has 442 valence electrons. The fraction of sp³-hybridized carbons (Fsp3) is 1.00. The monoisotopic (exact) mass is 1070 g/mol. The third kappa shape index (κ3) is 20.4. The minimum Gasteiger partial charge on any atom is -0.379 e. The summed E-state index contributed by atoms with van der Waals surface area (Å²) in [5, 5.41) is 0. The number of fused-ring (bicyclic) bond motifs is 2. The quantitative estimate of drug-likeness (QED) is 0.0700. The molecule has 5 aliphatic rings. The molecule has 0 aromatic carbocycles. The van der Waals surface area contributed by atoms with E-state index in [-0.39, 0.29) is 53.4 Å². The Kier molecular flexibility index (Phi) is 28.4. The Labute approximate surface area is 455 Å². The van der Waals surface area contributed by atoms with E-state index in [9.17, 15) is 0 Å². The van der Waals surface area contributed by atoms with Gasteiger partial charge in [0, 0.05) is 72.5 Å². The van der Waals surface area contributed by atoms with Gasteiger partial charge in [0.25, 0.3) is 0 Å². The summed E-state index contributed by atoms with van der Waals surface area (Å²) in [6.45, 7) is 44.3. The lowest BCUT2D eigenvalue weighted by Crippen LogP contribution is -2.67. The molecule has 0 aromatic heterocycles. The van der Waals surface area contributed by atoms with Gasteiger partial charge in [-0.25, -0.2) is 0 Å². The molecule has 0 aliphatic carbocycles. The van der Waals surface area contributed by atoms with Gasteiger partial charge < -0.3 is 75.8 Å². The smallest absolute Gasteiger partial charge is 0.187 e. The first kappa shape index (κ1) is 65.2. The van der Waals surface area contributed by atoms with Gasteiger partial charge in [-0.2, -0.15) is 0 Å². The largest absolute Gasteiger partial charge is 0.379 e. The van der Waals surface area contributed by atoms with Crippen molar-refractivity contribution in [1.82, 2.24) is 0 Å². The second-order valence-corrected chi connectivity index (χ2v) is 25.5. The Morgan fingerprint density at radius 1 is 0.387 bits per heavy atom. The molecule has 5 aliphatic heterocycles. The molecule has 16 heteroatoms. The number of hydrogen-bond acceptors (Lipinski definition) is 16. The molecule has 5 rings (SSSR count). The third-order valence-corrected chi connectivity index (χ3v) is 13.8. The maximum atomic E-state index is 7.41. The van der Waals surface area contributed by atoms with Crippen molar-refractivity contribution in [1.29, 1.82) is 0 Å². The summed E-state index contributed by atoms with van der Waals surface area (Å²) in [6, 6.07) is 0. The van der Waals surface area contributed by atoms with Crippen LogP contribution in [0.5, 0.6) is 0 Å². The number of ether oxygens (including phenoxy) is 16. The van der Waals surface area contributed by atoms with E-state index >= 15 is 0 Å². The number of hydrogen-bond donors (Lipinski definition) is 0. The van der Waals surface area contributed by atoms with E-state index in [1.165, 1.54) is 0 Å². The third-order valence-electron chi connectivity index (χ3n) is 13.8. The lowest BCUT2D eigenvalue weighted by Gasteiger charge is -2.52. The van der Waals surface area contributed by atoms with Gasteiger partial charge in [0.15, 0.2) is 18.9 Å². The minimum absolute atomic E-state index is 0.0797. The zero-order chi connectivity index (χ0) is 54.9. The molecule has 16 nitrogen and oxygen atoms in total. The van der Waals surface area contributed by atoms with Crippen LogP contribution in [0.3, 0.4) is 0 Å². The fourth-order valence-electron chi connectivity index (χ4n) is 10.4. The molecule has 5 fully saturated rings. The topological polar surface area (TPSA) is 148 Å². The highest BCUT2D eigenvalue weighted by molar-refractivity contribution is 5.01. The second-order valence-electron chi connectivity index (χ2n) is 25.5. The summed E-state index contributed by atoms with van der Waals surface area (Å²) in [7, 11) is 0. The normalized spacial score (nSPS) is 37.3. The maximum Gasteiger partial charge on any atom is 0.187 e. The molecule has 5 heterocycles. The van der Waals surface area contributed by atoms with Gasteiger partial charge in [-0.05, 0) is 80.0 Å². The second kappa shape index (κ2) is 32.7. The molecule has 0 radical (unpaired) electrons. The van der Waals surface area contributed by atoms with Gasteiger partial charge in [0.05, 0.1) is 31.5 Å². The van der Waals surface area contributed by atoms with E-state index in [4.69, 9.17) is 75.8 Å². The van der Waals surface area contributed by atoms with Crippen LogP contribution in [0.4, 0.5) is 0 Å². The molecule has 0 bridgehead atoms. The van der Waals surface area contributed by atoms with Gasteiger partial charge in [-0.15, -0.1) is 0 Å². The van der Waals surface area contributed by atoms with E-state index in [0.717, 1.165) is 0 Å². The zero-order valence-corrected chi connectivity index (χ0v) is 50.1. The highest BCUT2D eigenvalue weighted by Crippen LogP contribution is 2.41. The highest BCUT2D eigenvalue weighted by atomic mass is 16.8. The van der Waals surface area contributed by atoms with Crippen LogP contribution < -0.4 is 0 Å². The molecule has 0 spiro atoms. The minimum atomic E-state index is -0.859. The Morgan fingerprint density at radius 3 is 1.36 bits per heavy atom. The highest BCUT2D eigenvalue weighted by Gasteiger charge is 2.57. The standard InChI is InChI=1S/C59H110O16/c1-19-60-33-46-48(62-24-34(3)4)51(64-26-36(7)8)55(67-29-39(13)14)58(74-46)71-43-21-41(17)31-68-47-45(23-43)73-59-56(50(47)63-25-35(5)6)69-32-42(18)22-44(72-59)49-52(65-27-37(9)10)53(66-28-38(11)12)54(61-20-2)57(75-49)70-30-40(15)16/h34-59H,19-33H2,1-18H3/t41-,42+,43?,44?,45-,46-,47-,48-,49-,50+,51+,52-,53+,54-,55-,56-,57?,58+,59+/m1/s1. The average molecular weight is 1080 g/mol. The number of rotatable bonds is 29. The molecular weight excluding hydrogens is 965 g/mol. The van der Waals surface area contributed by atoms with Crippen LogP contribution in [0.15, 0.2) is 0 Å². The van der Waals surface area contributed by atoms with E-state index < -0.39 is 98.2 Å². The summed E-state index contributed by atoms with van der Waals surface area (Å²) in [5.74, 6) is 2.11. The van der Waals surface area contributed by atoms with Crippen molar-refractivity contribution >= 4 is 0 Å². The predicted octanol–water partition coefficient (Wildman–Crippen LogP) is 9.53. The van der Waals surface area contributed by atoms with Crippen molar-refractivity contribution in [3.63, 3.8) is 0 Å². The van der Waals surface area contributed by atoms with Crippen molar-refractivity contribution in [3.8, 4) is 0 Å². The van der Waals surface area contributed by atoms with Gasteiger partial charge in [-0.3, -0.25) is 0 Å². The molecule has 5 saturated heterocycles. The zero-order valence-electron chi connectivity index (χ0n) is 50.1. The fourth-order valence-corrected chi connectivity index (χ4v) is 10.4. The molecule has 0 N–H and O–H groups in total. The molecule has 19 atom stereocenters. The molecule has 0 saturated carbocycles. The van der Waals surface area contributed by atoms with Crippen LogP contribution in [0, 0.1) is 53.3 Å². The van der Waals surface area contributed by atoms with E-state index in [1.54, 1.807) is 0 Å². The van der Waals surface area contributed by atoms with Gasteiger partial charge in [-0.1, -0.05) is 111 Å². The first-order valence-electron chi connectivity index (χ1n) is 29.7. The molecular formula is C59H110O16. The van der Waals surface area contributed by atoms with Crippen molar-refractivity contribution in [2.75, 3.05) is 79.3 Å². The Bertz CT molecular complexity index is 1520. The van der Waals surface area contributed by atoms with Crippen molar-refractivity contribution in [3.05, 3.63) is 0 Å². The molecule has 0 amide bonds. The van der Waals surface area contributed by atoms with Crippen molar-refractivity contribution in [2.24, 2.45) is 53.3 Å². The van der Waals surface area contributed by atoms with Gasteiger partial charge in [0.2, 0.25) is 0 Å². The van der Waals surface area contributed by atoms with Gasteiger partial charge >= 0.3 is 0 Å². The first-order chi connectivity index (χ1) is 35.7. The summed E-state index contributed by atoms with van der Waals surface area (Å²) in [5.41, 5.74) is 0. The Balaban J connectivity index is 1.54. The van der Waals surface area contributed by atoms with Crippen LogP contribution in [0.2, 0.25) is 0 Å².